The zero-order valence-corrected chi connectivity index (χ0v) is 14.1. The normalized spacial score (nSPS) is 14.4. The maximum atomic E-state index is 13.2. The van der Waals surface area contributed by atoms with E-state index in [4.69, 9.17) is 4.52 Å². The third-order valence-electron chi connectivity index (χ3n) is 3.61. The van der Waals surface area contributed by atoms with Gasteiger partial charge in [0.1, 0.15) is 5.82 Å². The molecule has 0 fully saturated rings. The summed E-state index contributed by atoms with van der Waals surface area (Å²) >= 11 is 3.33. The molecule has 1 aromatic heterocycles. The SMILES string of the molecule is CNC(C)C(c1nc(-c2ccc(F)cc2Br)no1)C(C)C. The molecular weight excluding hydrogens is 337 g/mol. The Morgan fingerprint density at radius 1 is 1.29 bits per heavy atom. The van der Waals surface area contributed by atoms with Crippen LogP contribution in [0.5, 0.6) is 0 Å². The van der Waals surface area contributed by atoms with Gasteiger partial charge in [-0.25, -0.2) is 4.39 Å². The first kappa shape index (κ1) is 16.1. The summed E-state index contributed by atoms with van der Waals surface area (Å²) in [5.41, 5.74) is 0.714. The Hall–Kier alpha value is -1.27. The molecule has 0 aliphatic carbocycles. The Kier molecular flexibility index (Phi) is 5.11. The average Bonchev–Trinajstić information content (AvgIpc) is 2.87. The first-order chi connectivity index (χ1) is 9.93. The lowest BCUT2D eigenvalue weighted by atomic mass is 9.89. The van der Waals surface area contributed by atoms with Crippen molar-refractivity contribution in [3.63, 3.8) is 0 Å². The second kappa shape index (κ2) is 6.66. The van der Waals surface area contributed by atoms with Crippen molar-refractivity contribution in [1.29, 1.82) is 0 Å². The molecule has 114 valence electrons. The van der Waals surface area contributed by atoms with E-state index in [1.165, 1.54) is 12.1 Å². The van der Waals surface area contributed by atoms with E-state index in [9.17, 15) is 4.39 Å². The molecule has 6 heteroatoms. The number of rotatable bonds is 5. The van der Waals surface area contributed by atoms with Crippen LogP contribution in [-0.4, -0.2) is 23.2 Å². The minimum atomic E-state index is -0.307. The van der Waals surface area contributed by atoms with Crippen LogP contribution in [0.4, 0.5) is 4.39 Å². The Labute approximate surface area is 132 Å². The average molecular weight is 356 g/mol. The molecule has 21 heavy (non-hydrogen) atoms. The van der Waals surface area contributed by atoms with E-state index in [-0.39, 0.29) is 17.8 Å². The fraction of sp³-hybridized carbons (Fsp3) is 0.467. The number of halogens is 2. The summed E-state index contributed by atoms with van der Waals surface area (Å²) in [4.78, 5) is 4.49. The van der Waals surface area contributed by atoms with Crippen LogP contribution in [-0.2, 0) is 0 Å². The lowest BCUT2D eigenvalue weighted by Crippen LogP contribution is -2.32. The van der Waals surface area contributed by atoms with Crippen LogP contribution in [0.2, 0.25) is 0 Å². The summed E-state index contributed by atoms with van der Waals surface area (Å²) in [6.45, 7) is 6.33. The third kappa shape index (κ3) is 3.49. The Balaban J connectivity index is 2.36. The minimum absolute atomic E-state index is 0.121. The zero-order valence-electron chi connectivity index (χ0n) is 12.5. The summed E-state index contributed by atoms with van der Waals surface area (Å²) in [5, 5.41) is 7.26. The molecule has 2 aromatic rings. The van der Waals surface area contributed by atoms with Crippen molar-refractivity contribution in [2.45, 2.75) is 32.7 Å². The molecule has 2 rings (SSSR count). The Bertz CT molecular complexity index is 615. The van der Waals surface area contributed by atoms with E-state index in [0.29, 0.717) is 27.7 Å². The molecular formula is C15H19BrFN3O. The van der Waals surface area contributed by atoms with Crippen LogP contribution in [0.1, 0.15) is 32.6 Å². The van der Waals surface area contributed by atoms with E-state index >= 15 is 0 Å². The summed E-state index contributed by atoms with van der Waals surface area (Å²) in [7, 11) is 1.91. The molecule has 2 unspecified atom stereocenters. The highest BCUT2D eigenvalue weighted by Gasteiger charge is 2.28. The molecule has 0 radical (unpaired) electrons. The number of likely N-dealkylation sites (N-methyl/N-ethyl adjacent to an activating group) is 1. The maximum Gasteiger partial charge on any atom is 0.231 e. The zero-order chi connectivity index (χ0) is 15.6. The molecule has 2 atom stereocenters. The Morgan fingerprint density at radius 3 is 2.57 bits per heavy atom. The largest absolute Gasteiger partial charge is 0.339 e. The standard InChI is InChI=1S/C15H19BrFN3O/c1-8(2)13(9(3)18-4)15-19-14(20-21-15)11-6-5-10(17)7-12(11)16/h5-9,13,18H,1-4H3. The Morgan fingerprint density at radius 2 is 2.00 bits per heavy atom. The fourth-order valence-electron chi connectivity index (χ4n) is 2.41. The second-order valence-electron chi connectivity index (χ2n) is 5.43. The third-order valence-corrected chi connectivity index (χ3v) is 4.27. The van der Waals surface area contributed by atoms with Crippen molar-refractivity contribution < 1.29 is 8.91 Å². The monoisotopic (exact) mass is 355 g/mol. The lowest BCUT2D eigenvalue weighted by molar-refractivity contribution is 0.286. The van der Waals surface area contributed by atoms with E-state index in [0.717, 1.165) is 0 Å². The van der Waals surface area contributed by atoms with E-state index in [2.05, 4.69) is 52.2 Å². The number of aromatic nitrogens is 2. The van der Waals surface area contributed by atoms with Crippen molar-refractivity contribution >= 4 is 15.9 Å². The number of nitrogens with one attached hydrogen (secondary N) is 1. The van der Waals surface area contributed by atoms with Crippen molar-refractivity contribution in [1.82, 2.24) is 15.5 Å². The molecule has 0 bridgehead atoms. The van der Waals surface area contributed by atoms with Crippen molar-refractivity contribution in [3.05, 3.63) is 34.4 Å². The van der Waals surface area contributed by atoms with E-state index < -0.39 is 0 Å². The lowest BCUT2D eigenvalue weighted by Gasteiger charge is -2.23. The smallest absolute Gasteiger partial charge is 0.231 e. The van der Waals surface area contributed by atoms with Gasteiger partial charge >= 0.3 is 0 Å². The van der Waals surface area contributed by atoms with E-state index in [1.54, 1.807) is 6.07 Å². The van der Waals surface area contributed by atoms with Gasteiger partial charge in [-0.15, -0.1) is 0 Å². The molecule has 1 aromatic carbocycles. The van der Waals surface area contributed by atoms with Crippen LogP contribution < -0.4 is 5.32 Å². The highest BCUT2D eigenvalue weighted by Crippen LogP contribution is 2.31. The molecule has 1 heterocycles. The first-order valence-electron chi connectivity index (χ1n) is 6.90. The number of nitrogens with zero attached hydrogens (tertiary/aromatic N) is 2. The summed E-state index contributed by atoms with van der Waals surface area (Å²) in [6.07, 6.45) is 0. The number of benzene rings is 1. The van der Waals surface area contributed by atoms with Gasteiger partial charge in [-0.05, 0) is 54.0 Å². The van der Waals surface area contributed by atoms with Crippen molar-refractivity contribution in [2.24, 2.45) is 5.92 Å². The molecule has 0 aliphatic heterocycles. The quantitative estimate of drug-likeness (QED) is 0.880. The molecule has 0 amide bonds. The predicted molar refractivity (Wildman–Crippen MR) is 83.5 cm³/mol. The van der Waals surface area contributed by atoms with Gasteiger partial charge < -0.3 is 9.84 Å². The van der Waals surface area contributed by atoms with Gasteiger partial charge in [-0.1, -0.05) is 19.0 Å². The van der Waals surface area contributed by atoms with Gasteiger partial charge in [-0.2, -0.15) is 4.98 Å². The second-order valence-corrected chi connectivity index (χ2v) is 6.28. The van der Waals surface area contributed by atoms with Gasteiger partial charge in [0.2, 0.25) is 11.7 Å². The van der Waals surface area contributed by atoms with Gasteiger partial charge in [-0.3, -0.25) is 0 Å². The topological polar surface area (TPSA) is 51.0 Å². The molecule has 0 spiro atoms. The predicted octanol–water partition coefficient (Wildman–Crippen LogP) is 3.99. The van der Waals surface area contributed by atoms with E-state index in [1.807, 2.05) is 7.05 Å². The molecule has 0 saturated heterocycles. The van der Waals surface area contributed by atoms with Crippen LogP contribution in [0.15, 0.2) is 27.2 Å². The van der Waals surface area contributed by atoms with Crippen LogP contribution in [0, 0.1) is 11.7 Å². The fourth-order valence-corrected chi connectivity index (χ4v) is 2.93. The highest BCUT2D eigenvalue weighted by molar-refractivity contribution is 9.10. The number of hydrogen-bond acceptors (Lipinski definition) is 4. The molecule has 4 nitrogen and oxygen atoms in total. The summed E-state index contributed by atoms with van der Waals surface area (Å²) < 4.78 is 19.2. The van der Waals surface area contributed by atoms with Gasteiger partial charge in [0.15, 0.2) is 0 Å². The molecule has 0 aliphatic rings. The van der Waals surface area contributed by atoms with Crippen LogP contribution >= 0.6 is 15.9 Å². The van der Waals surface area contributed by atoms with Crippen molar-refractivity contribution in [2.75, 3.05) is 7.05 Å². The molecule has 1 N–H and O–H groups in total. The van der Waals surface area contributed by atoms with Crippen LogP contribution in [0.3, 0.4) is 0 Å². The van der Waals surface area contributed by atoms with Crippen LogP contribution in [0.25, 0.3) is 11.4 Å². The first-order valence-corrected chi connectivity index (χ1v) is 7.69. The summed E-state index contributed by atoms with van der Waals surface area (Å²) in [6, 6.07) is 4.63. The van der Waals surface area contributed by atoms with Crippen molar-refractivity contribution in [3.8, 4) is 11.4 Å². The minimum Gasteiger partial charge on any atom is -0.339 e. The maximum absolute atomic E-state index is 13.2. The van der Waals surface area contributed by atoms with Gasteiger partial charge in [0, 0.05) is 16.1 Å². The van der Waals surface area contributed by atoms with Gasteiger partial charge in [0.25, 0.3) is 0 Å². The highest BCUT2D eigenvalue weighted by atomic mass is 79.9. The molecule has 0 saturated carbocycles. The summed E-state index contributed by atoms with van der Waals surface area (Å²) in [5.74, 6) is 1.23. The number of hydrogen-bond donors (Lipinski definition) is 1. The van der Waals surface area contributed by atoms with Gasteiger partial charge in [0.05, 0.1) is 5.92 Å².